The SMILES string of the molecule is CC(C)(C)c1ccccc1NS(=O)(=O)c1ccccc1N. The van der Waals surface area contributed by atoms with E-state index in [2.05, 4.69) is 4.72 Å². The molecule has 5 heteroatoms. The lowest BCUT2D eigenvalue weighted by molar-refractivity contribution is 0.590. The van der Waals surface area contributed by atoms with Crippen molar-refractivity contribution in [2.45, 2.75) is 31.1 Å². The van der Waals surface area contributed by atoms with Gasteiger partial charge in [-0.15, -0.1) is 0 Å². The third kappa shape index (κ3) is 3.36. The molecular weight excluding hydrogens is 284 g/mol. The zero-order valence-corrected chi connectivity index (χ0v) is 13.2. The molecule has 0 saturated heterocycles. The number of hydrogen-bond donors (Lipinski definition) is 2. The Morgan fingerprint density at radius 1 is 0.952 bits per heavy atom. The van der Waals surface area contributed by atoms with Crippen LogP contribution in [0.5, 0.6) is 0 Å². The number of anilines is 2. The quantitative estimate of drug-likeness (QED) is 0.854. The summed E-state index contributed by atoms with van der Waals surface area (Å²) >= 11 is 0. The molecule has 4 nitrogen and oxygen atoms in total. The predicted molar refractivity (Wildman–Crippen MR) is 86.8 cm³/mol. The van der Waals surface area contributed by atoms with Crippen molar-refractivity contribution in [1.29, 1.82) is 0 Å². The zero-order valence-electron chi connectivity index (χ0n) is 12.4. The van der Waals surface area contributed by atoms with Crippen molar-refractivity contribution >= 4 is 21.4 Å². The van der Waals surface area contributed by atoms with Crippen molar-refractivity contribution in [2.75, 3.05) is 10.5 Å². The maximum atomic E-state index is 12.5. The van der Waals surface area contributed by atoms with Gasteiger partial charge in [0.1, 0.15) is 4.90 Å². The molecule has 0 aliphatic heterocycles. The molecule has 2 rings (SSSR count). The van der Waals surface area contributed by atoms with E-state index in [1.54, 1.807) is 30.3 Å². The van der Waals surface area contributed by atoms with Crippen LogP contribution in [0.15, 0.2) is 53.4 Å². The van der Waals surface area contributed by atoms with E-state index in [9.17, 15) is 8.42 Å². The maximum absolute atomic E-state index is 12.5. The van der Waals surface area contributed by atoms with Gasteiger partial charge in [-0.05, 0) is 29.2 Å². The minimum atomic E-state index is -3.70. The first kappa shape index (κ1) is 15.4. The Labute approximate surface area is 126 Å². The molecule has 0 amide bonds. The summed E-state index contributed by atoms with van der Waals surface area (Å²) in [5, 5.41) is 0. The van der Waals surface area contributed by atoms with Crippen molar-refractivity contribution in [3.05, 3.63) is 54.1 Å². The van der Waals surface area contributed by atoms with Gasteiger partial charge in [0, 0.05) is 0 Å². The summed E-state index contributed by atoms with van der Waals surface area (Å²) in [6.07, 6.45) is 0. The molecule has 0 spiro atoms. The molecule has 112 valence electrons. The largest absolute Gasteiger partial charge is 0.398 e. The van der Waals surface area contributed by atoms with Crippen LogP contribution in [-0.4, -0.2) is 8.42 Å². The lowest BCUT2D eigenvalue weighted by Crippen LogP contribution is -2.19. The zero-order chi connectivity index (χ0) is 15.7. The molecule has 0 saturated carbocycles. The van der Waals surface area contributed by atoms with Crippen LogP contribution in [0.1, 0.15) is 26.3 Å². The Balaban J connectivity index is 2.46. The van der Waals surface area contributed by atoms with E-state index in [1.807, 2.05) is 32.9 Å². The molecule has 0 aliphatic rings. The second-order valence-electron chi connectivity index (χ2n) is 5.94. The third-order valence-corrected chi connectivity index (χ3v) is 4.63. The van der Waals surface area contributed by atoms with Gasteiger partial charge in [0.2, 0.25) is 0 Å². The van der Waals surface area contributed by atoms with Crippen LogP contribution in [0.25, 0.3) is 0 Å². The standard InChI is InChI=1S/C16H20N2O2S/c1-16(2,3)12-8-4-6-10-14(12)18-21(19,20)15-11-7-5-9-13(15)17/h4-11,18H,17H2,1-3H3. The van der Waals surface area contributed by atoms with Crippen LogP contribution in [0.3, 0.4) is 0 Å². The molecule has 0 unspecified atom stereocenters. The Kier molecular flexibility index (Phi) is 3.96. The first-order chi connectivity index (χ1) is 9.72. The fraction of sp³-hybridized carbons (Fsp3) is 0.250. The molecule has 0 atom stereocenters. The molecule has 0 aliphatic carbocycles. The normalized spacial score (nSPS) is 12.1. The van der Waals surface area contributed by atoms with E-state index in [0.717, 1.165) is 5.56 Å². The highest BCUT2D eigenvalue weighted by atomic mass is 32.2. The van der Waals surface area contributed by atoms with E-state index in [0.29, 0.717) is 5.69 Å². The highest BCUT2D eigenvalue weighted by molar-refractivity contribution is 7.92. The van der Waals surface area contributed by atoms with Crippen LogP contribution in [-0.2, 0) is 15.4 Å². The van der Waals surface area contributed by atoms with Crippen molar-refractivity contribution in [3.63, 3.8) is 0 Å². The fourth-order valence-electron chi connectivity index (χ4n) is 2.15. The molecule has 21 heavy (non-hydrogen) atoms. The third-order valence-electron chi connectivity index (χ3n) is 3.19. The van der Waals surface area contributed by atoms with Gasteiger partial charge in [0.15, 0.2) is 0 Å². The van der Waals surface area contributed by atoms with Crippen LogP contribution in [0, 0.1) is 0 Å². The number of hydrogen-bond acceptors (Lipinski definition) is 3. The molecular formula is C16H20N2O2S. The molecule has 0 radical (unpaired) electrons. The summed E-state index contributed by atoms with van der Waals surface area (Å²) in [6, 6.07) is 13.8. The summed E-state index contributed by atoms with van der Waals surface area (Å²) in [7, 11) is -3.70. The highest BCUT2D eigenvalue weighted by Gasteiger charge is 2.22. The van der Waals surface area contributed by atoms with Crippen molar-refractivity contribution < 1.29 is 8.42 Å². The molecule has 0 bridgehead atoms. The molecule has 0 fully saturated rings. The van der Waals surface area contributed by atoms with E-state index < -0.39 is 10.0 Å². The average molecular weight is 304 g/mol. The lowest BCUT2D eigenvalue weighted by Gasteiger charge is -2.23. The van der Waals surface area contributed by atoms with Gasteiger partial charge < -0.3 is 5.73 Å². The number of nitrogens with one attached hydrogen (secondary N) is 1. The Morgan fingerprint density at radius 2 is 1.52 bits per heavy atom. The minimum Gasteiger partial charge on any atom is -0.398 e. The van der Waals surface area contributed by atoms with E-state index in [-0.39, 0.29) is 16.0 Å². The van der Waals surface area contributed by atoms with Crippen molar-refractivity contribution in [3.8, 4) is 0 Å². The van der Waals surface area contributed by atoms with Gasteiger partial charge >= 0.3 is 0 Å². The van der Waals surface area contributed by atoms with Crippen LogP contribution in [0.2, 0.25) is 0 Å². The van der Waals surface area contributed by atoms with Gasteiger partial charge in [-0.1, -0.05) is 51.1 Å². The van der Waals surface area contributed by atoms with Gasteiger partial charge in [-0.3, -0.25) is 4.72 Å². The number of nitrogen functional groups attached to an aromatic ring is 1. The Bertz CT molecular complexity index is 747. The van der Waals surface area contributed by atoms with Crippen molar-refractivity contribution in [2.24, 2.45) is 0 Å². The van der Waals surface area contributed by atoms with Gasteiger partial charge in [-0.25, -0.2) is 8.42 Å². The number of nitrogens with two attached hydrogens (primary N) is 1. The lowest BCUT2D eigenvalue weighted by atomic mass is 9.86. The number of benzene rings is 2. The summed E-state index contributed by atoms with van der Waals surface area (Å²) in [5.74, 6) is 0. The first-order valence-corrected chi connectivity index (χ1v) is 8.17. The number of rotatable bonds is 3. The molecule has 3 N–H and O–H groups in total. The molecule has 0 heterocycles. The van der Waals surface area contributed by atoms with Gasteiger partial charge in [0.25, 0.3) is 10.0 Å². The Morgan fingerprint density at radius 3 is 2.14 bits per heavy atom. The fourth-order valence-corrected chi connectivity index (χ4v) is 3.36. The van der Waals surface area contributed by atoms with E-state index >= 15 is 0 Å². The number of sulfonamides is 1. The molecule has 2 aromatic carbocycles. The summed E-state index contributed by atoms with van der Waals surface area (Å²) in [6.45, 7) is 6.12. The second kappa shape index (κ2) is 5.41. The monoisotopic (exact) mass is 304 g/mol. The van der Waals surface area contributed by atoms with E-state index in [1.165, 1.54) is 6.07 Å². The smallest absolute Gasteiger partial charge is 0.263 e. The summed E-state index contributed by atoms with van der Waals surface area (Å²) in [5.41, 5.74) is 7.34. The Hall–Kier alpha value is -2.01. The van der Waals surface area contributed by atoms with Gasteiger partial charge in [-0.2, -0.15) is 0 Å². The molecule has 0 aromatic heterocycles. The number of para-hydroxylation sites is 2. The summed E-state index contributed by atoms with van der Waals surface area (Å²) in [4.78, 5) is 0.0914. The summed E-state index contributed by atoms with van der Waals surface area (Å²) < 4.78 is 27.7. The molecule has 2 aromatic rings. The van der Waals surface area contributed by atoms with Crippen molar-refractivity contribution in [1.82, 2.24) is 0 Å². The minimum absolute atomic E-state index is 0.0914. The van der Waals surface area contributed by atoms with E-state index in [4.69, 9.17) is 5.73 Å². The first-order valence-electron chi connectivity index (χ1n) is 6.68. The highest BCUT2D eigenvalue weighted by Crippen LogP contribution is 2.31. The maximum Gasteiger partial charge on any atom is 0.263 e. The topological polar surface area (TPSA) is 72.2 Å². The predicted octanol–water partition coefficient (Wildman–Crippen LogP) is 3.37. The van der Waals surface area contributed by atoms with Gasteiger partial charge in [0.05, 0.1) is 11.4 Å². The van der Waals surface area contributed by atoms with Crippen LogP contribution in [0.4, 0.5) is 11.4 Å². The van der Waals surface area contributed by atoms with Crippen LogP contribution < -0.4 is 10.5 Å². The van der Waals surface area contributed by atoms with Crippen LogP contribution >= 0.6 is 0 Å². The second-order valence-corrected chi connectivity index (χ2v) is 7.59. The average Bonchev–Trinajstić information content (AvgIpc) is 2.38.